The van der Waals surface area contributed by atoms with Gasteiger partial charge in [0.05, 0.1) is 9.16 Å². The van der Waals surface area contributed by atoms with E-state index in [1.807, 2.05) is 70.6 Å². The zero-order valence-corrected chi connectivity index (χ0v) is 26.5. The molecule has 3 rings (SSSR count). The number of carbonyl (C=O) groups is 2. The normalized spacial score (nSPS) is 19.1. The summed E-state index contributed by atoms with van der Waals surface area (Å²) in [4.78, 5) is 25.3. The van der Waals surface area contributed by atoms with Gasteiger partial charge >= 0.3 is 0 Å². The topological polar surface area (TPSA) is 34.1 Å². The molecule has 2 heterocycles. The molecule has 0 saturated carbocycles. The molecule has 1 aromatic carbocycles. The number of benzene rings is 1. The highest BCUT2D eigenvalue weighted by Crippen LogP contribution is 2.43. The average Bonchev–Trinajstić information content (AvgIpc) is 3.56. The van der Waals surface area contributed by atoms with Gasteiger partial charge in [0.1, 0.15) is 0 Å². The van der Waals surface area contributed by atoms with Crippen molar-refractivity contribution < 1.29 is 9.59 Å². The second kappa shape index (κ2) is 17.8. The molecule has 0 spiro atoms. The minimum absolute atomic E-state index is 0.0489. The van der Waals surface area contributed by atoms with E-state index in [1.165, 1.54) is 56.6 Å². The van der Waals surface area contributed by atoms with Gasteiger partial charge in [0.15, 0.2) is 0 Å². The van der Waals surface area contributed by atoms with Crippen LogP contribution in [0.15, 0.2) is 70.2 Å². The third-order valence-electron chi connectivity index (χ3n) is 4.92. The number of aryl methyl sites for hydroxylation is 2. The lowest BCUT2D eigenvalue weighted by atomic mass is 10.1. The van der Waals surface area contributed by atoms with E-state index in [1.54, 1.807) is 0 Å². The van der Waals surface area contributed by atoms with Gasteiger partial charge in [0.25, 0.3) is 0 Å². The monoisotopic (exact) mass is 630 g/mol. The lowest BCUT2D eigenvalue weighted by molar-refractivity contribution is -0.107. The standard InChI is InChI=1S/C26H30O2S8/c1-3-23(27)31-13-21-15-33-25(35-21)17-29-11-9-19-5-7-20(8-6-19)10-12-30-18-26-34-16-22(36-26)14-32-24(28)4-2/h3-8,15-16,25-26H,1-2,9-14,17-18H2. The number of rotatable bonds is 16. The van der Waals surface area contributed by atoms with E-state index >= 15 is 0 Å². The summed E-state index contributed by atoms with van der Waals surface area (Å²) in [5.74, 6) is 6.07. The minimum Gasteiger partial charge on any atom is -0.282 e. The molecular weight excluding hydrogens is 601 g/mol. The Morgan fingerprint density at radius 2 is 1.17 bits per heavy atom. The molecule has 2 nitrogen and oxygen atoms in total. The highest BCUT2D eigenvalue weighted by atomic mass is 32.2. The summed E-state index contributed by atoms with van der Waals surface area (Å²) in [5, 5.41) is 4.52. The van der Waals surface area contributed by atoms with E-state index in [2.05, 4.69) is 48.2 Å². The van der Waals surface area contributed by atoms with Crippen molar-refractivity contribution in [3.05, 3.63) is 81.3 Å². The molecule has 2 unspecified atom stereocenters. The van der Waals surface area contributed by atoms with E-state index in [0.717, 1.165) is 47.4 Å². The van der Waals surface area contributed by atoms with Crippen LogP contribution in [-0.2, 0) is 22.4 Å². The summed E-state index contributed by atoms with van der Waals surface area (Å²) in [6, 6.07) is 9.14. The Balaban J connectivity index is 1.21. The lowest BCUT2D eigenvalue weighted by Crippen LogP contribution is -2.00. The second-order valence-corrected chi connectivity index (χ2v) is 17.3. The largest absolute Gasteiger partial charge is 0.282 e. The molecule has 0 aromatic heterocycles. The molecule has 0 radical (unpaired) electrons. The summed E-state index contributed by atoms with van der Waals surface area (Å²) >= 11 is 14.3. The Morgan fingerprint density at radius 3 is 1.56 bits per heavy atom. The van der Waals surface area contributed by atoms with E-state index < -0.39 is 0 Å². The molecule has 0 amide bonds. The third kappa shape index (κ3) is 12.0. The molecule has 0 fully saturated rings. The van der Waals surface area contributed by atoms with Gasteiger partial charge in [0.2, 0.25) is 10.2 Å². The molecule has 194 valence electrons. The van der Waals surface area contributed by atoms with Crippen LogP contribution in [0.3, 0.4) is 0 Å². The summed E-state index contributed by atoms with van der Waals surface area (Å²) in [6.45, 7) is 7.05. The molecule has 0 aliphatic carbocycles. The molecule has 2 aliphatic heterocycles. The van der Waals surface area contributed by atoms with Crippen LogP contribution in [0.25, 0.3) is 0 Å². The third-order valence-corrected chi connectivity index (χ3v) is 15.4. The van der Waals surface area contributed by atoms with Crippen LogP contribution in [0.2, 0.25) is 0 Å². The fourth-order valence-corrected chi connectivity index (χ4v) is 12.7. The molecule has 0 N–H and O–H groups in total. The van der Waals surface area contributed by atoms with Crippen molar-refractivity contribution in [1.82, 2.24) is 0 Å². The molecule has 36 heavy (non-hydrogen) atoms. The van der Waals surface area contributed by atoms with Crippen LogP contribution < -0.4 is 0 Å². The van der Waals surface area contributed by atoms with Crippen molar-refractivity contribution in [2.45, 2.75) is 22.0 Å². The van der Waals surface area contributed by atoms with Crippen molar-refractivity contribution in [2.75, 3.05) is 34.5 Å². The van der Waals surface area contributed by atoms with Crippen LogP contribution in [0.4, 0.5) is 0 Å². The number of hydrogen-bond donors (Lipinski definition) is 0. The SMILES string of the molecule is C=CC(=O)SCC1=CSC(CSCCc2ccc(CCSCC3SC=C(CSC(=O)C=C)S3)cc2)S1. The van der Waals surface area contributed by atoms with Crippen LogP contribution in [-0.4, -0.2) is 53.9 Å². The van der Waals surface area contributed by atoms with Gasteiger partial charge in [-0.15, -0.1) is 47.0 Å². The van der Waals surface area contributed by atoms with Crippen molar-refractivity contribution in [2.24, 2.45) is 0 Å². The molecule has 10 heteroatoms. The van der Waals surface area contributed by atoms with E-state index in [0.29, 0.717) is 9.16 Å². The molecule has 2 atom stereocenters. The zero-order chi connectivity index (χ0) is 25.6. The Labute approximate surface area is 249 Å². The fourth-order valence-electron chi connectivity index (χ4n) is 3.05. The number of thioether (sulfide) groups is 8. The van der Waals surface area contributed by atoms with E-state index in [-0.39, 0.29) is 10.2 Å². The molecular formula is C26H30O2S8. The van der Waals surface area contributed by atoms with Gasteiger partial charge < -0.3 is 0 Å². The Kier molecular flexibility index (Phi) is 15.3. The highest BCUT2D eigenvalue weighted by molar-refractivity contribution is 8.25. The summed E-state index contributed by atoms with van der Waals surface area (Å²) in [5.41, 5.74) is 2.82. The fraction of sp³-hybridized carbons (Fsp3) is 0.385. The number of carbonyl (C=O) groups excluding carboxylic acids is 2. The predicted octanol–water partition coefficient (Wildman–Crippen LogP) is 8.42. The van der Waals surface area contributed by atoms with E-state index in [4.69, 9.17) is 0 Å². The van der Waals surface area contributed by atoms with Gasteiger partial charge in [-0.05, 0) is 58.4 Å². The Bertz CT molecular complexity index is 880. The highest BCUT2D eigenvalue weighted by Gasteiger charge is 2.20. The van der Waals surface area contributed by atoms with Crippen LogP contribution in [0.1, 0.15) is 11.1 Å². The molecule has 0 saturated heterocycles. The first-order valence-electron chi connectivity index (χ1n) is 11.4. The zero-order valence-electron chi connectivity index (χ0n) is 19.9. The van der Waals surface area contributed by atoms with E-state index in [9.17, 15) is 9.59 Å². The quantitative estimate of drug-likeness (QED) is 0.131. The van der Waals surface area contributed by atoms with Gasteiger partial charge in [-0.25, -0.2) is 0 Å². The van der Waals surface area contributed by atoms with Crippen LogP contribution >= 0.6 is 94.1 Å². The lowest BCUT2D eigenvalue weighted by Gasteiger charge is -2.10. The van der Waals surface area contributed by atoms with Crippen molar-refractivity contribution in [3.63, 3.8) is 0 Å². The van der Waals surface area contributed by atoms with Crippen molar-refractivity contribution in [1.29, 1.82) is 0 Å². The van der Waals surface area contributed by atoms with Crippen LogP contribution in [0, 0.1) is 0 Å². The number of hydrogen-bond acceptors (Lipinski definition) is 10. The summed E-state index contributed by atoms with van der Waals surface area (Å²) in [7, 11) is 0. The molecule has 2 aliphatic rings. The Hall–Kier alpha value is 0.320. The maximum atomic E-state index is 11.4. The molecule has 0 bridgehead atoms. The summed E-state index contributed by atoms with van der Waals surface area (Å²) < 4.78 is 1.13. The van der Waals surface area contributed by atoms with Gasteiger partial charge in [-0.2, -0.15) is 23.5 Å². The second-order valence-electron chi connectivity index (χ2n) is 7.63. The smallest absolute Gasteiger partial charge is 0.211 e. The predicted molar refractivity (Wildman–Crippen MR) is 178 cm³/mol. The summed E-state index contributed by atoms with van der Waals surface area (Å²) in [6.07, 6.45) is 4.98. The van der Waals surface area contributed by atoms with Crippen LogP contribution in [0.5, 0.6) is 0 Å². The first-order valence-corrected chi connectivity index (χ1v) is 19.3. The average molecular weight is 631 g/mol. The first kappa shape index (κ1) is 30.9. The minimum atomic E-state index is 0.0489. The van der Waals surface area contributed by atoms with Gasteiger partial charge in [-0.3, -0.25) is 9.59 Å². The van der Waals surface area contributed by atoms with Gasteiger partial charge in [0, 0.05) is 32.8 Å². The maximum Gasteiger partial charge on any atom is 0.211 e. The Morgan fingerprint density at radius 1 is 0.750 bits per heavy atom. The maximum absolute atomic E-state index is 11.4. The molecule has 1 aromatic rings. The first-order chi connectivity index (χ1) is 17.6. The van der Waals surface area contributed by atoms with Gasteiger partial charge in [-0.1, -0.05) is 60.9 Å². The van der Waals surface area contributed by atoms with Crippen molar-refractivity contribution in [3.8, 4) is 0 Å². The van der Waals surface area contributed by atoms with Crippen molar-refractivity contribution >= 4 is 104 Å².